The van der Waals surface area contributed by atoms with Crippen LogP contribution in [0.4, 0.5) is 0 Å². The van der Waals surface area contributed by atoms with E-state index in [1.807, 2.05) is 6.92 Å². The number of hydrogen-bond donors (Lipinski definition) is 3. The van der Waals surface area contributed by atoms with E-state index >= 15 is 0 Å². The Morgan fingerprint density at radius 2 is 2.22 bits per heavy atom. The molecule has 0 spiro atoms. The lowest BCUT2D eigenvalue weighted by atomic mass is 10.2. The molecule has 0 aliphatic carbocycles. The molecule has 1 rings (SSSR count). The van der Waals surface area contributed by atoms with E-state index in [2.05, 4.69) is 15.6 Å². The Hall–Kier alpha value is -1.96. The molecular formula is C10H17N5O3. The van der Waals surface area contributed by atoms with E-state index in [9.17, 15) is 9.59 Å². The predicted octanol–water partition coefficient (Wildman–Crippen LogP) is -0.996. The van der Waals surface area contributed by atoms with Crippen molar-refractivity contribution in [2.75, 3.05) is 13.1 Å². The van der Waals surface area contributed by atoms with Crippen molar-refractivity contribution >= 4 is 11.9 Å². The maximum absolute atomic E-state index is 11.5. The third-order valence-corrected chi connectivity index (χ3v) is 2.29. The van der Waals surface area contributed by atoms with Crippen LogP contribution in [-0.4, -0.2) is 45.1 Å². The molecule has 8 heteroatoms. The summed E-state index contributed by atoms with van der Waals surface area (Å²) in [7, 11) is 0. The molecule has 8 nitrogen and oxygen atoms in total. The van der Waals surface area contributed by atoms with E-state index in [0.717, 1.165) is 6.42 Å². The summed E-state index contributed by atoms with van der Waals surface area (Å²) in [4.78, 5) is 22.4. The number of hydrogen-bond acceptors (Lipinski definition) is 5. The van der Waals surface area contributed by atoms with Crippen LogP contribution in [-0.2, 0) is 17.8 Å². The maximum Gasteiger partial charge on any atom is 0.358 e. The minimum Gasteiger partial charge on any atom is -0.476 e. The zero-order valence-corrected chi connectivity index (χ0v) is 10.2. The van der Waals surface area contributed by atoms with E-state index in [1.165, 1.54) is 4.68 Å². The van der Waals surface area contributed by atoms with Crippen LogP contribution < -0.4 is 11.1 Å². The van der Waals surface area contributed by atoms with Crippen LogP contribution >= 0.6 is 0 Å². The van der Waals surface area contributed by atoms with Gasteiger partial charge in [0.05, 0.1) is 5.69 Å². The Morgan fingerprint density at radius 3 is 2.78 bits per heavy atom. The molecule has 1 heterocycles. The molecule has 1 aromatic heterocycles. The number of carbonyl (C=O) groups excluding carboxylic acids is 1. The first-order chi connectivity index (χ1) is 8.60. The number of carbonyl (C=O) groups is 2. The van der Waals surface area contributed by atoms with Crippen LogP contribution in [0.15, 0.2) is 0 Å². The number of aromatic nitrogens is 3. The largest absolute Gasteiger partial charge is 0.476 e. The molecule has 0 aliphatic heterocycles. The summed E-state index contributed by atoms with van der Waals surface area (Å²) >= 11 is 0. The first-order valence-electron chi connectivity index (χ1n) is 5.72. The van der Waals surface area contributed by atoms with Gasteiger partial charge < -0.3 is 16.2 Å². The van der Waals surface area contributed by atoms with Crippen LogP contribution in [0.3, 0.4) is 0 Å². The fourth-order valence-electron chi connectivity index (χ4n) is 1.47. The van der Waals surface area contributed by atoms with Gasteiger partial charge in [-0.2, -0.15) is 0 Å². The number of rotatable bonds is 7. The molecule has 18 heavy (non-hydrogen) atoms. The van der Waals surface area contributed by atoms with Gasteiger partial charge in [0.15, 0.2) is 5.69 Å². The number of aromatic carboxylic acids is 1. The van der Waals surface area contributed by atoms with Crippen LogP contribution in [0, 0.1) is 0 Å². The van der Waals surface area contributed by atoms with Gasteiger partial charge in [-0.25, -0.2) is 9.48 Å². The second-order valence-corrected chi connectivity index (χ2v) is 3.74. The molecule has 0 saturated heterocycles. The van der Waals surface area contributed by atoms with E-state index in [0.29, 0.717) is 18.7 Å². The van der Waals surface area contributed by atoms with Crippen LogP contribution in [0.5, 0.6) is 0 Å². The standard InChI is InChI=1S/C10H17N5O3/c1-2-5-12-8(16)6-15-7(3-4-11)9(10(17)18)13-14-15/h2-6,11H2,1H3,(H,12,16)(H,17,18). The number of carboxylic acids is 1. The molecule has 4 N–H and O–H groups in total. The smallest absolute Gasteiger partial charge is 0.358 e. The minimum absolute atomic E-state index is 0.0460. The lowest BCUT2D eigenvalue weighted by Crippen LogP contribution is -2.29. The van der Waals surface area contributed by atoms with Gasteiger partial charge in [-0.1, -0.05) is 12.1 Å². The molecule has 100 valence electrons. The highest BCUT2D eigenvalue weighted by Gasteiger charge is 2.19. The fraction of sp³-hybridized carbons (Fsp3) is 0.600. The van der Waals surface area contributed by atoms with Crippen LogP contribution in [0.1, 0.15) is 29.5 Å². The topological polar surface area (TPSA) is 123 Å². The van der Waals surface area contributed by atoms with Crippen LogP contribution in [0.25, 0.3) is 0 Å². The first-order valence-corrected chi connectivity index (χ1v) is 5.72. The summed E-state index contributed by atoms with van der Waals surface area (Å²) in [6.45, 7) is 2.74. The quantitative estimate of drug-likeness (QED) is 0.574. The fourth-order valence-corrected chi connectivity index (χ4v) is 1.47. The van der Waals surface area contributed by atoms with Crippen molar-refractivity contribution in [1.29, 1.82) is 0 Å². The van der Waals surface area contributed by atoms with Crippen molar-refractivity contribution in [2.45, 2.75) is 26.3 Å². The van der Waals surface area contributed by atoms with Crippen molar-refractivity contribution in [3.05, 3.63) is 11.4 Å². The predicted molar refractivity (Wildman–Crippen MR) is 63.0 cm³/mol. The van der Waals surface area contributed by atoms with Gasteiger partial charge in [0.1, 0.15) is 6.54 Å². The average molecular weight is 255 g/mol. The van der Waals surface area contributed by atoms with Gasteiger partial charge in [-0.05, 0) is 13.0 Å². The SMILES string of the molecule is CCCNC(=O)Cn1nnc(C(=O)O)c1CCN. The number of nitrogens with one attached hydrogen (secondary N) is 1. The zero-order chi connectivity index (χ0) is 13.5. The number of carboxylic acid groups (broad SMARTS) is 1. The number of amides is 1. The maximum atomic E-state index is 11.5. The summed E-state index contributed by atoms with van der Waals surface area (Å²) in [5, 5.41) is 18.8. The summed E-state index contributed by atoms with van der Waals surface area (Å²) in [5.74, 6) is -1.39. The van der Waals surface area contributed by atoms with Crippen molar-refractivity contribution in [3.63, 3.8) is 0 Å². The van der Waals surface area contributed by atoms with Crippen LogP contribution in [0.2, 0.25) is 0 Å². The van der Waals surface area contributed by atoms with Gasteiger partial charge >= 0.3 is 5.97 Å². The Balaban J connectivity index is 2.81. The molecular weight excluding hydrogens is 238 g/mol. The average Bonchev–Trinajstić information content (AvgIpc) is 2.70. The highest BCUT2D eigenvalue weighted by molar-refractivity contribution is 5.86. The monoisotopic (exact) mass is 255 g/mol. The second-order valence-electron chi connectivity index (χ2n) is 3.74. The van der Waals surface area contributed by atoms with Gasteiger partial charge in [0.2, 0.25) is 5.91 Å². The molecule has 0 aromatic carbocycles. The molecule has 0 bridgehead atoms. The van der Waals surface area contributed by atoms with Crippen molar-refractivity contribution < 1.29 is 14.7 Å². The van der Waals surface area contributed by atoms with E-state index in [4.69, 9.17) is 10.8 Å². The third-order valence-electron chi connectivity index (χ3n) is 2.29. The van der Waals surface area contributed by atoms with Gasteiger partial charge in [0.25, 0.3) is 0 Å². The summed E-state index contributed by atoms with van der Waals surface area (Å²) in [6.07, 6.45) is 1.15. The Bertz CT molecular complexity index is 429. The molecule has 0 atom stereocenters. The van der Waals surface area contributed by atoms with Gasteiger partial charge in [0, 0.05) is 13.0 Å². The lowest BCUT2D eigenvalue weighted by Gasteiger charge is -2.06. The summed E-state index contributed by atoms with van der Waals surface area (Å²) in [6, 6.07) is 0. The second kappa shape index (κ2) is 6.70. The highest BCUT2D eigenvalue weighted by atomic mass is 16.4. The Kier molecular flexibility index (Phi) is 5.25. The van der Waals surface area contributed by atoms with Crippen molar-refractivity contribution in [1.82, 2.24) is 20.3 Å². The summed E-state index contributed by atoms with van der Waals surface area (Å²) in [5.41, 5.74) is 5.63. The number of nitrogens with two attached hydrogens (primary N) is 1. The first kappa shape index (κ1) is 14.1. The molecule has 0 radical (unpaired) electrons. The van der Waals surface area contributed by atoms with E-state index < -0.39 is 5.97 Å². The zero-order valence-electron chi connectivity index (χ0n) is 10.2. The van der Waals surface area contributed by atoms with E-state index in [-0.39, 0.29) is 24.7 Å². The minimum atomic E-state index is -1.17. The molecule has 0 saturated carbocycles. The highest BCUT2D eigenvalue weighted by Crippen LogP contribution is 2.06. The third kappa shape index (κ3) is 3.52. The molecule has 1 amide bonds. The van der Waals surface area contributed by atoms with Gasteiger partial charge in [-0.15, -0.1) is 5.10 Å². The number of nitrogens with zero attached hydrogens (tertiary/aromatic N) is 3. The molecule has 0 unspecified atom stereocenters. The van der Waals surface area contributed by atoms with Crippen molar-refractivity contribution in [2.24, 2.45) is 5.73 Å². The van der Waals surface area contributed by atoms with Crippen molar-refractivity contribution in [3.8, 4) is 0 Å². The Labute approximate surface area is 104 Å². The summed E-state index contributed by atoms with van der Waals surface area (Å²) < 4.78 is 1.28. The normalized spacial score (nSPS) is 10.3. The molecule has 0 fully saturated rings. The lowest BCUT2D eigenvalue weighted by molar-refractivity contribution is -0.121. The van der Waals surface area contributed by atoms with Gasteiger partial charge in [-0.3, -0.25) is 4.79 Å². The molecule has 1 aromatic rings. The van der Waals surface area contributed by atoms with E-state index in [1.54, 1.807) is 0 Å². The molecule has 0 aliphatic rings. The Morgan fingerprint density at radius 1 is 1.50 bits per heavy atom.